The van der Waals surface area contributed by atoms with Gasteiger partial charge in [-0.1, -0.05) is 12.1 Å². The highest BCUT2D eigenvalue weighted by molar-refractivity contribution is 5.96. The predicted octanol–water partition coefficient (Wildman–Crippen LogP) is 1.15. The van der Waals surface area contributed by atoms with Crippen LogP contribution in [0.25, 0.3) is 0 Å². The summed E-state index contributed by atoms with van der Waals surface area (Å²) in [6, 6.07) is 6.42. The molecule has 1 rings (SSSR count). The topological polar surface area (TPSA) is 76.2 Å². The molecule has 0 aliphatic heterocycles. The summed E-state index contributed by atoms with van der Waals surface area (Å²) in [7, 11) is 0. The van der Waals surface area contributed by atoms with Gasteiger partial charge in [0.2, 0.25) is 0 Å². The van der Waals surface area contributed by atoms with Crippen LogP contribution in [0, 0.1) is 5.41 Å². The molecule has 0 bridgehead atoms. The molecule has 4 heteroatoms. The summed E-state index contributed by atoms with van der Waals surface area (Å²) in [5.74, 6) is -0.372. The number of ether oxygens (including phenoxy) is 1. The third-order valence-electron chi connectivity index (χ3n) is 1.71. The van der Waals surface area contributed by atoms with E-state index in [4.69, 9.17) is 15.9 Å². The Labute approximate surface area is 82.2 Å². The lowest BCUT2D eigenvalue weighted by Crippen LogP contribution is -2.11. The van der Waals surface area contributed by atoms with Crippen molar-refractivity contribution in [2.75, 3.05) is 6.61 Å². The van der Waals surface area contributed by atoms with Gasteiger partial charge in [0.1, 0.15) is 5.84 Å². The van der Waals surface area contributed by atoms with Gasteiger partial charge in [0.25, 0.3) is 0 Å². The van der Waals surface area contributed by atoms with Gasteiger partial charge in [-0.15, -0.1) is 0 Å². The molecule has 0 fully saturated rings. The van der Waals surface area contributed by atoms with E-state index in [-0.39, 0.29) is 11.8 Å². The number of carbonyl (C=O) groups excluding carboxylic acids is 1. The van der Waals surface area contributed by atoms with E-state index in [1.165, 1.54) is 0 Å². The maximum atomic E-state index is 11.2. The van der Waals surface area contributed by atoms with Gasteiger partial charge < -0.3 is 10.5 Å². The minimum absolute atomic E-state index is 0.0135. The molecule has 1 aromatic rings. The lowest BCUT2D eigenvalue weighted by atomic mass is 10.1. The van der Waals surface area contributed by atoms with E-state index in [0.717, 1.165) is 0 Å². The molecule has 0 amide bonds. The first-order valence-electron chi connectivity index (χ1n) is 4.26. The normalized spacial score (nSPS) is 9.50. The van der Waals surface area contributed by atoms with Crippen LogP contribution in [0.4, 0.5) is 0 Å². The molecule has 0 radical (unpaired) electrons. The van der Waals surface area contributed by atoms with Gasteiger partial charge in [-0.3, -0.25) is 5.41 Å². The van der Waals surface area contributed by atoms with Gasteiger partial charge >= 0.3 is 5.97 Å². The first kappa shape index (κ1) is 10.2. The highest BCUT2D eigenvalue weighted by Crippen LogP contribution is 2.05. The first-order chi connectivity index (χ1) is 6.65. The molecule has 3 N–H and O–H groups in total. The summed E-state index contributed by atoms with van der Waals surface area (Å²) < 4.78 is 4.80. The molecule has 0 saturated heterocycles. The second-order valence-electron chi connectivity index (χ2n) is 2.71. The van der Waals surface area contributed by atoms with Crippen LogP contribution in [-0.2, 0) is 4.74 Å². The van der Waals surface area contributed by atoms with Crippen molar-refractivity contribution in [3.8, 4) is 0 Å². The zero-order valence-electron chi connectivity index (χ0n) is 7.91. The molecule has 1 aromatic carbocycles. The third-order valence-corrected chi connectivity index (χ3v) is 1.71. The second-order valence-corrected chi connectivity index (χ2v) is 2.71. The number of esters is 1. The summed E-state index contributed by atoms with van der Waals surface area (Å²) in [4.78, 5) is 11.2. The Kier molecular flexibility index (Phi) is 3.23. The van der Waals surface area contributed by atoms with Crippen LogP contribution in [0.1, 0.15) is 22.8 Å². The lowest BCUT2D eigenvalue weighted by molar-refractivity contribution is 0.0526. The minimum Gasteiger partial charge on any atom is -0.462 e. The number of nitrogen functional groups attached to an aromatic ring is 1. The van der Waals surface area contributed by atoms with Crippen molar-refractivity contribution < 1.29 is 9.53 Å². The number of hydrogen-bond acceptors (Lipinski definition) is 3. The number of rotatable bonds is 3. The molecule has 74 valence electrons. The van der Waals surface area contributed by atoms with Gasteiger partial charge in [0.05, 0.1) is 12.2 Å². The van der Waals surface area contributed by atoms with Gasteiger partial charge in [-0.25, -0.2) is 4.79 Å². The molecule has 0 atom stereocenters. The standard InChI is InChI=1S/C10H12N2O2/c1-2-14-10(13)8-5-3-7(4-6-8)9(11)12/h3-6H,2H2,1H3,(H3,11,12). The minimum atomic E-state index is -0.359. The SMILES string of the molecule is CCOC(=O)c1ccc(C(=N)N)cc1. The third kappa shape index (κ3) is 2.32. The van der Waals surface area contributed by atoms with E-state index in [9.17, 15) is 4.79 Å². The molecular weight excluding hydrogens is 180 g/mol. The average molecular weight is 192 g/mol. The zero-order valence-corrected chi connectivity index (χ0v) is 7.91. The zero-order chi connectivity index (χ0) is 10.6. The highest BCUT2D eigenvalue weighted by atomic mass is 16.5. The summed E-state index contributed by atoms with van der Waals surface area (Å²) in [6.45, 7) is 2.11. The van der Waals surface area contributed by atoms with Crippen LogP contribution < -0.4 is 5.73 Å². The van der Waals surface area contributed by atoms with Gasteiger partial charge in [0, 0.05) is 5.56 Å². The number of amidine groups is 1. The summed E-state index contributed by atoms with van der Waals surface area (Å²) in [5.41, 5.74) is 6.33. The number of nitrogens with two attached hydrogens (primary N) is 1. The van der Waals surface area contributed by atoms with Crippen LogP contribution in [0.15, 0.2) is 24.3 Å². The van der Waals surface area contributed by atoms with Crippen LogP contribution in [0.3, 0.4) is 0 Å². The molecule has 0 unspecified atom stereocenters. The highest BCUT2D eigenvalue weighted by Gasteiger charge is 2.05. The fourth-order valence-corrected chi connectivity index (χ4v) is 1.00. The molecule has 0 aliphatic rings. The Hall–Kier alpha value is -1.84. The first-order valence-corrected chi connectivity index (χ1v) is 4.26. The number of nitrogens with one attached hydrogen (secondary N) is 1. The molecule has 0 heterocycles. The van der Waals surface area contributed by atoms with E-state index >= 15 is 0 Å². The van der Waals surface area contributed by atoms with E-state index < -0.39 is 0 Å². The van der Waals surface area contributed by atoms with Gasteiger partial charge in [-0.2, -0.15) is 0 Å². The van der Waals surface area contributed by atoms with Crippen molar-refractivity contribution in [2.45, 2.75) is 6.92 Å². The van der Waals surface area contributed by atoms with Crippen LogP contribution in [-0.4, -0.2) is 18.4 Å². The van der Waals surface area contributed by atoms with Crippen molar-refractivity contribution in [2.24, 2.45) is 5.73 Å². The van der Waals surface area contributed by atoms with E-state index in [2.05, 4.69) is 0 Å². The van der Waals surface area contributed by atoms with Gasteiger partial charge in [0.15, 0.2) is 0 Å². The van der Waals surface area contributed by atoms with E-state index in [0.29, 0.717) is 17.7 Å². The smallest absolute Gasteiger partial charge is 0.338 e. The van der Waals surface area contributed by atoms with E-state index in [1.807, 2.05) is 0 Å². The lowest BCUT2D eigenvalue weighted by Gasteiger charge is -2.02. The molecule has 0 aliphatic carbocycles. The van der Waals surface area contributed by atoms with Crippen molar-refractivity contribution in [1.82, 2.24) is 0 Å². The Balaban J connectivity index is 2.83. The van der Waals surface area contributed by atoms with Crippen LogP contribution in [0.2, 0.25) is 0 Å². The number of carbonyl (C=O) groups is 1. The van der Waals surface area contributed by atoms with Gasteiger partial charge in [-0.05, 0) is 19.1 Å². The Bertz CT molecular complexity index is 344. The van der Waals surface area contributed by atoms with Crippen LogP contribution >= 0.6 is 0 Å². The van der Waals surface area contributed by atoms with E-state index in [1.54, 1.807) is 31.2 Å². The second kappa shape index (κ2) is 4.41. The molecule has 0 spiro atoms. The monoisotopic (exact) mass is 192 g/mol. The van der Waals surface area contributed by atoms with Crippen molar-refractivity contribution in [1.29, 1.82) is 5.41 Å². The molecule has 0 aromatic heterocycles. The predicted molar refractivity (Wildman–Crippen MR) is 53.4 cm³/mol. The number of hydrogen-bond donors (Lipinski definition) is 2. The van der Waals surface area contributed by atoms with Crippen molar-refractivity contribution in [3.05, 3.63) is 35.4 Å². The Morgan fingerprint density at radius 3 is 2.29 bits per heavy atom. The number of benzene rings is 1. The molecular formula is C10H12N2O2. The molecule has 14 heavy (non-hydrogen) atoms. The molecule has 0 saturated carbocycles. The Morgan fingerprint density at radius 1 is 1.36 bits per heavy atom. The fourth-order valence-electron chi connectivity index (χ4n) is 1.00. The fraction of sp³-hybridized carbons (Fsp3) is 0.200. The maximum Gasteiger partial charge on any atom is 0.338 e. The largest absolute Gasteiger partial charge is 0.462 e. The molecule has 4 nitrogen and oxygen atoms in total. The summed E-state index contributed by atoms with van der Waals surface area (Å²) in [6.07, 6.45) is 0. The average Bonchev–Trinajstić information content (AvgIpc) is 2.18. The Morgan fingerprint density at radius 2 is 1.86 bits per heavy atom. The summed E-state index contributed by atoms with van der Waals surface area (Å²) >= 11 is 0. The summed E-state index contributed by atoms with van der Waals surface area (Å²) in [5, 5.41) is 7.16. The maximum absolute atomic E-state index is 11.2. The van der Waals surface area contributed by atoms with Crippen molar-refractivity contribution >= 4 is 11.8 Å². The van der Waals surface area contributed by atoms with Crippen LogP contribution in [0.5, 0.6) is 0 Å². The van der Waals surface area contributed by atoms with Crippen molar-refractivity contribution in [3.63, 3.8) is 0 Å². The quantitative estimate of drug-likeness (QED) is 0.428.